The van der Waals surface area contributed by atoms with Crippen molar-refractivity contribution in [2.75, 3.05) is 5.73 Å². The summed E-state index contributed by atoms with van der Waals surface area (Å²) < 4.78 is 41.6. The molecule has 0 aliphatic heterocycles. The molecule has 4 nitrogen and oxygen atoms in total. The Kier molecular flexibility index (Phi) is 3.95. The fourth-order valence-electron chi connectivity index (χ4n) is 1.14. The summed E-state index contributed by atoms with van der Waals surface area (Å²) >= 11 is 5.64. The second-order valence-electron chi connectivity index (χ2n) is 3.49. The molecule has 1 aromatic rings. The van der Waals surface area contributed by atoms with E-state index in [0.29, 0.717) is 0 Å². The van der Waals surface area contributed by atoms with E-state index >= 15 is 0 Å². The van der Waals surface area contributed by atoms with Crippen molar-refractivity contribution in [2.45, 2.75) is 19.2 Å². The number of hydrogen-bond acceptors (Lipinski definition) is 3. The zero-order valence-corrected chi connectivity index (χ0v) is 9.84. The second kappa shape index (κ2) is 4.93. The van der Waals surface area contributed by atoms with Crippen LogP contribution in [0.4, 0.5) is 18.9 Å². The first-order valence-electron chi connectivity index (χ1n) is 4.68. The smallest absolute Gasteiger partial charge is 0.425 e. The first-order valence-corrected chi connectivity index (χ1v) is 5.06. The molecule has 1 aromatic carbocycles. The Hall–Kier alpha value is -1.63. The number of alkyl halides is 3. The van der Waals surface area contributed by atoms with Crippen LogP contribution in [-0.2, 0) is 0 Å². The van der Waals surface area contributed by atoms with Gasteiger partial charge in [0.2, 0.25) is 0 Å². The van der Waals surface area contributed by atoms with Gasteiger partial charge in [-0.3, -0.25) is 0 Å². The summed E-state index contributed by atoms with van der Waals surface area (Å²) in [5.74, 6) is -2.03. The Morgan fingerprint density at radius 2 is 2.06 bits per heavy atom. The summed E-state index contributed by atoms with van der Waals surface area (Å²) in [4.78, 5) is 10.9. The highest BCUT2D eigenvalue weighted by molar-refractivity contribution is 6.33. The van der Waals surface area contributed by atoms with Gasteiger partial charge in [-0.2, -0.15) is 13.2 Å². The zero-order chi connectivity index (χ0) is 14.1. The number of hydrogen-bond donors (Lipinski definition) is 2. The lowest BCUT2D eigenvalue weighted by Gasteiger charge is -2.19. The minimum Gasteiger partial charge on any atom is -0.479 e. The summed E-state index contributed by atoms with van der Waals surface area (Å²) in [7, 11) is 0. The molecule has 0 saturated heterocycles. The molecule has 100 valence electrons. The standard InChI is InChI=1S/C10H9ClF3NO3/c1-4(10(12,13)14)18-8-6(9(16)17)2-5(15)3-7(8)11/h2-4H,15H2,1H3,(H,16,17). The molecule has 0 aromatic heterocycles. The molecular formula is C10H9ClF3NO3. The van der Waals surface area contributed by atoms with Gasteiger partial charge < -0.3 is 15.6 Å². The number of rotatable bonds is 3. The fraction of sp³-hybridized carbons (Fsp3) is 0.300. The number of nitrogen functional groups attached to an aromatic ring is 1. The first-order chi connectivity index (χ1) is 8.12. The lowest BCUT2D eigenvalue weighted by Crippen LogP contribution is -2.31. The van der Waals surface area contributed by atoms with Gasteiger partial charge in [0, 0.05) is 5.69 Å². The molecule has 0 fully saturated rings. The highest BCUT2D eigenvalue weighted by Crippen LogP contribution is 2.34. The molecule has 1 rings (SSSR count). The van der Waals surface area contributed by atoms with Crippen molar-refractivity contribution in [3.8, 4) is 5.75 Å². The molecule has 1 atom stereocenters. The topological polar surface area (TPSA) is 72.5 Å². The third kappa shape index (κ3) is 3.19. The molecule has 8 heteroatoms. The quantitative estimate of drug-likeness (QED) is 0.837. The van der Waals surface area contributed by atoms with E-state index < -0.39 is 29.6 Å². The van der Waals surface area contributed by atoms with Gasteiger partial charge in [0.15, 0.2) is 11.9 Å². The van der Waals surface area contributed by atoms with Gasteiger partial charge in [0.1, 0.15) is 5.56 Å². The van der Waals surface area contributed by atoms with Crippen molar-refractivity contribution >= 4 is 23.3 Å². The van der Waals surface area contributed by atoms with Gasteiger partial charge in [-0.25, -0.2) is 4.79 Å². The maximum atomic E-state index is 12.3. The summed E-state index contributed by atoms with van der Waals surface area (Å²) in [6.45, 7) is 0.748. The van der Waals surface area contributed by atoms with Crippen molar-refractivity contribution in [1.82, 2.24) is 0 Å². The number of anilines is 1. The summed E-state index contributed by atoms with van der Waals surface area (Å²) in [5.41, 5.74) is 4.86. The molecule has 18 heavy (non-hydrogen) atoms. The van der Waals surface area contributed by atoms with Crippen molar-refractivity contribution in [2.24, 2.45) is 0 Å². The van der Waals surface area contributed by atoms with E-state index in [1.165, 1.54) is 0 Å². The minimum atomic E-state index is -4.62. The molecule has 0 bridgehead atoms. The third-order valence-corrected chi connectivity index (χ3v) is 2.33. The van der Waals surface area contributed by atoms with Crippen LogP contribution in [0.2, 0.25) is 5.02 Å². The predicted molar refractivity (Wildman–Crippen MR) is 59.0 cm³/mol. The Balaban J connectivity index is 3.20. The van der Waals surface area contributed by atoms with Gasteiger partial charge in [0.25, 0.3) is 0 Å². The Morgan fingerprint density at radius 1 is 1.50 bits per heavy atom. The molecular weight excluding hydrogens is 275 g/mol. The summed E-state index contributed by atoms with van der Waals surface area (Å²) in [6.07, 6.45) is -6.81. The number of aromatic carboxylic acids is 1. The molecule has 0 heterocycles. The molecule has 3 N–H and O–H groups in total. The maximum Gasteiger partial charge on any atom is 0.425 e. The van der Waals surface area contributed by atoms with E-state index in [1.54, 1.807) is 0 Å². The number of carbonyl (C=O) groups is 1. The van der Waals surface area contributed by atoms with Gasteiger partial charge in [-0.05, 0) is 19.1 Å². The van der Waals surface area contributed by atoms with Crippen LogP contribution in [0.25, 0.3) is 0 Å². The van der Waals surface area contributed by atoms with Crippen molar-refractivity contribution < 1.29 is 27.8 Å². The Bertz CT molecular complexity index is 476. The monoisotopic (exact) mass is 283 g/mol. The maximum absolute atomic E-state index is 12.3. The first kappa shape index (κ1) is 14.4. The van der Waals surface area contributed by atoms with E-state index in [2.05, 4.69) is 4.74 Å². The average molecular weight is 284 g/mol. The van der Waals surface area contributed by atoms with Crippen LogP contribution in [0.15, 0.2) is 12.1 Å². The molecule has 1 unspecified atom stereocenters. The van der Waals surface area contributed by atoms with Gasteiger partial charge in [-0.15, -0.1) is 0 Å². The number of halogens is 4. The number of ether oxygens (including phenoxy) is 1. The third-order valence-electron chi connectivity index (χ3n) is 2.05. The number of carboxylic acids is 1. The second-order valence-corrected chi connectivity index (χ2v) is 3.89. The van der Waals surface area contributed by atoms with Crippen LogP contribution >= 0.6 is 11.6 Å². The molecule has 0 spiro atoms. The fourth-order valence-corrected chi connectivity index (χ4v) is 1.41. The Labute approximate surface area is 105 Å². The van der Waals surface area contributed by atoms with Crippen LogP contribution in [0.3, 0.4) is 0 Å². The number of carboxylic acid groups (broad SMARTS) is 1. The van der Waals surface area contributed by atoms with E-state index in [0.717, 1.165) is 19.1 Å². The predicted octanol–water partition coefficient (Wildman–Crippen LogP) is 2.95. The molecule has 0 aliphatic carbocycles. The SMILES string of the molecule is CC(Oc1c(Cl)cc(N)cc1C(=O)O)C(F)(F)F. The summed E-state index contributed by atoms with van der Waals surface area (Å²) in [5, 5.41) is 8.57. The van der Waals surface area contributed by atoms with Crippen LogP contribution in [0.1, 0.15) is 17.3 Å². The average Bonchev–Trinajstić information content (AvgIpc) is 2.19. The highest BCUT2D eigenvalue weighted by atomic mass is 35.5. The highest BCUT2D eigenvalue weighted by Gasteiger charge is 2.39. The van der Waals surface area contributed by atoms with E-state index in [4.69, 9.17) is 22.4 Å². The largest absolute Gasteiger partial charge is 0.479 e. The minimum absolute atomic E-state index is 0.0180. The van der Waals surface area contributed by atoms with Gasteiger partial charge >= 0.3 is 12.1 Å². The van der Waals surface area contributed by atoms with Crippen LogP contribution in [0.5, 0.6) is 5.75 Å². The van der Waals surface area contributed by atoms with Crippen LogP contribution < -0.4 is 10.5 Å². The van der Waals surface area contributed by atoms with Crippen LogP contribution in [0, 0.1) is 0 Å². The normalized spacial score (nSPS) is 13.2. The number of benzene rings is 1. The summed E-state index contributed by atoms with van der Waals surface area (Å²) in [6, 6.07) is 2.10. The van der Waals surface area contributed by atoms with Crippen molar-refractivity contribution in [3.05, 3.63) is 22.7 Å². The van der Waals surface area contributed by atoms with E-state index in [9.17, 15) is 18.0 Å². The van der Waals surface area contributed by atoms with Crippen LogP contribution in [-0.4, -0.2) is 23.4 Å². The van der Waals surface area contributed by atoms with Crippen molar-refractivity contribution in [1.29, 1.82) is 0 Å². The van der Waals surface area contributed by atoms with E-state index in [1.807, 2.05) is 0 Å². The lowest BCUT2D eigenvalue weighted by molar-refractivity contribution is -0.189. The molecule has 0 aliphatic rings. The molecule has 0 saturated carbocycles. The van der Waals surface area contributed by atoms with E-state index in [-0.39, 0.29) is 10.7 Å². The molecule has 0 amide bonds. The lowest BCUT2D eigenvalue weighted by atomic mass is 10.1. The van der Waals surface area contributed by atoms with Crippen molar-refractivity contribution in [3.63, 3.8) is 0 Å². The van der Waals surface area contributed by atoms with Gasteiger partial charge in [0.05, 0.1) is 5.02 Å². The Morgan fingerprint density at radius 3 is 2.50 bits per heavy atom. The number of nitrogens with two attached hydrogens (primary N) is 1. The molecule has 0 radical (unpaired) electrons. The van der Waals surface area contributed by atoms with Gasteiger partial charge in [-0.1, -0.05) is 11.6 Å². The zero-order valence-electron chi connectivity index (χ0n) is 9.08.